The molecule has 0 radical (unpaired) electrons. The maximum Gasteiger partial charge on any atom is 0.126 e. The number of aromatic amines is 1. The fourth-order valence-electron chi connectivity index (χ4n) is 1.87. The van der Waals surface area contributed by atoms with Crippen LogP contribution in [0, 0.1) is 13.8 Å². The molecule has 1 heterocycles. The Morgan fingerprint density at radius 1 is 1.18 bits per heavy atom. The largest absolute Gasteiger partial charge is 0.344 e. The smallest absolute Gasteiger partial charge is 0.126 e. The molecule has 0 amide bonds. The molecule has 3 N–H and O–H groups in total. The van der Waals surface area contributed by atoms with Gasteiger partial charge in [0.05, 0.1) is 11.2 Å². The van der Waals surface area contributed by atoms with Crippen LogP contribution in [0.15, 0.2) is 24.3 Å². The van der Waals surface area contributed by atoms with Gasteiger partial charge in [-0.05, 0) is 33.3 Å². The molecule has 2 rings (SSSR count). The van der Waals surface area contributed by atoms with Gasteiger partial charge in [0.15, 0.2) is 0 Å². The van der Waals surface area contributed by atoms with Crippen molar-refractivity contribution in [2.45, 2.75) is 33.2 Å². The molecule has 1 aromatic carbocycles. The van der Waals surface area contributed by atoms with Crippen LogP contribution < -0.4 is 5.73 Å². The van der Waals surface area contributed by atoms with Gasteiger partial charge in [-0.1, -0.05) is 24.3 Å². The van der Waals surface area contributed by atoms with E-state index in [2.05, 4.69) is 29.0 Å². The Hall–Kier alpha value is -1.61. The van der Waals surface area contributed by atoms with Crippen molar-refractivity contribution in [2.24, 2.45) is 5.73 Å². The second-order valence-electron chi connectivity index (χ2n) is 5.10. The van der Waals surface area contributed by atoms with Crippen LogP contribution in [0.25, 0.3) is 11.3 Å². The number of aryl methyl sites for hydroxylation is 2. The minimum absolute atomic E-state index is 0.439. The normalized spacial score (nSPS) is 11.8. The van der Waals surface area contributed by atoms with Crippen LogP contribution >= 0.6 is 0 Å². The summed E-state index contributed by atoms with van der Waals surface area (Å²) in [7, 11) is 0. The Morgan fingerprint density at radius 3 is 2.35 bits per heavy atom. The average molecular weight is 229 g/mol. The zero-order valence-electron chi connectivity index (χ0n) is 10.8. The van der Waals surface area contributed by atoms with Crippen molar-refractivity contribution < 1.29 is 0 Å². The van der Waals surface area contributed by atoms with E-state index >= 15 is 0 Å². The van der Waals surface area contributed by atoms with E-state index in [-0.39, 0.29) is 0 Å². The summed E-state index contributed by atoms with van der Waals surface area (Å²) in [6, 6.07) is 8.25. The van der Waals surface area contributed by atoms with Gasteiger partial charge in [-0.15, -0.1) is 0 Å². The van der Waals surface area contributed by atoms with Crippen LogP contribution in [0.5, 0.6) is 0 Å². The number of imidazole rings is 1. The number of nitrogens with zero attached hydrogens (tertiary/aromatic N) is 1. The van der Waals surface area contributed by atoms with E-state index in [1.54, 1.807) is 0 Å². The minimum Gasteiger partial charge on any atom is -0.344 e. The van der Waals surface area contributed by atoms with Crippen LogP contribution in [-0.4, -0.2) is 9.97 Å². The molecule has 3 nitrogen and oxygen atoms in total. The van der Waals surface area contributed by atoms with Crippen molar-refractivity contribution >= 4 is 0 Å². The first kappa shape index (κ1) is 11.9. The molecule has 17 heavy (non-hydrogen) atoms. The molecule has 0 fully saturated rings. The van der Waals surface area contributed by atoms with Gasteiger partial charge in [-0.25, -0.2) is 4.98 Å². The van der Waals surface area contributed by atoms with E-state index in [9.17, 15) is 0 Å². The third-order valence-corrected chi connectivity index (χ3v) is 2.90. The number of benzene rings is 1. The second kappa shape index (κ2) is 4.00. The first-order valence-electron chi connectivity index (χ1n) is 5.81. The lowest BCUT2D eigenvalue weighted by atomic mass is 10.0. The first-order chi connectivity index (χ1) is 7.89. The third kappa shape index (κ3) is 2.24. The van der Waals surface area contributed by atoms with Gasteiger partial charge in [-0.2, -0.15) is 0 Å². The summed E-state index contributed by atoms with van der Waals surface area (Å²) in [5.41, 5.74) is 10.1. The molecule has 0 saturated heterocycles. The molecule has 0 saturated carbocycles. The fraction of sp³-hybridized carbons (Fsp3) is 0.357. The lowest BCUT2D eigenvalue weighted by Crippen LogP contribution is -2.30. The van der Waals surface area contributed by atoms with Gasteiger partial charge in [0.25, 0.3) is 0 Å². The highest BCUT2D eigenvalue weighted by molar-refractivity contribution is 5.65. The summed E-state index contributed by atoms with van der Waals surface area (Å²) in [5, 5.41) is 0. The summed E-state index contributed by atoms with van der Waals surface area (Å²) in [6.45, 7) is 8.03. The standard InChI is InChI=1S/C14H19N3/c1-9-7-5-6-8-11(9)12-10(2)16-13(17-12)14(3,4)15/h5-8H,15H2,1-4H3,(H,16,17). The number of aromatic nitrogens is 2. The van der Waals surface area contributed by atoms with Crippen molar-refractivity contribution in [2.75, 3.05) is 0 Å². The molecule has 0 aliphatic heterocycles. The van der Waals surface area contributed by atoms with Crippen LogP contribution in [0.2, 0.25) is 0 Å². The maximum absolute atomic E-state index is 6.06. The van der Waals surface area contributed by atoms with Gasteiger partial charge >= 0.3 is 0 Å². The summed E-state index contributed by atoms with van der Waals surface area (Å²) >= 11 is 0. The van der Waals surface area contributed by atoms with Crippen molar-refractivity contribution in [3.8, 4) is 11.3 Å². The van der Waals surface area contributed by atoms with Crippen molar-refractivity contribution in [3.63, 3.8) is 0 Å². The van der Waals surface area contributed by atoms with Crippen LogP contribution in [0.3, 0.4) is 0 Å². The molecular formula is C14H19N3. The average Bonchev–Trinajstić information content (AvgIpc) is 2.61. The third-order valence-electron chi connectivity index (χ3n) is 2.90. The Balaban J connectivity index is 2.55. The fourth-order valence-corrected chi connectivity index (χ4v) is 1.87. The molecule has 1 aromatic heterocycles. The van der Waals surface area contributed by atoms with Gasteiger partial charge in [0.2, 0.25) is 0 Å². The molecule has 0 bridgehead atoms. The molecule has 0 atom stereocenters. The molecule has 0 unspecified atom stereocenters. The number of hydrogen-bond donors (Lipinski definition) is 2. The van der Waals surface area contributed by atoms with Crippen LogP contribution in [0.1, 0.15) is 30.9 Å². The van der Waals surface area contributed by atoms with E-state index in [1.165, 1.54) is 5.56 Å². The highest BCUT2D eigenvalue weighted by Crippen LogP contribution is 2.26. The highest BCUT2D eigenvalue weighted by Gasteiger charge is 2.20. The number of nitrogens with one attached hydrogen (secondary N) is 1. The number of nitrogens with two attached hydrogens (primary N) is 1. The van der Waals surface area contributed by atoms with Crippen molar-refractivity contribution in [3.05, 3.63) is 41.3 Å². The number of hydrogen-bond acceptors (Lipinski definition) is 2. The van der Waals surface area contributed by atoms with Gasteiger partial charge in [-0.3, -0.25) is 0 Å². The topological polar surface area (TPSA) is 54.7 Å². The molecule has 2 aromatic rings. The van der Waals surface area contributed by atoms with E-state index < -0.39 is 5.54 Å². The predicted octanol–water partition coefficient (Wildman–Crippen LogP) is 2.89. The van der Waals surface area contributed by atoms with Crippen molar-refractivity contribution in [1.29, 1.82) is 0 Å². The Morgan fingerprint density at radius 2 is 1.82 bits per heavy atom. The Labute approximate surface area is 102 Å². The Bertz CT molecular complexity index is 533. The second-order valence-corrected chi connectivity index (χ2v) is 5.10. The zero-order valence-corrected chi connectivity index (χ0v) is 10.8. The van der Waals surface area contributed by atoms with E-state index in [4.69, 9.17) is 5.73 Å². The lowest BCUT2D eigenvalue weighted by molar-refractivity contribution is 0.520. The van der Waals surface area contributed by atoms with E-state index in [0.717, 1.165) is 22.8 Å². The lowest BCUT2D eigenvalue weighted by Gasteiger charge is -2.14. The Kier molecular flexibility index (Phi) is 2.79. The molecule has 3 heteroatoms. The molecule has 0 aliphatic carbocycles. The summed E-state index contributed by atoms with van der Waals surface area (Å²) in [6.07, 6.45) is 0. The summed E-state index contributed by atoms with van der Waals surface area (Å²) in [4.78, 5) is 7.91. The van der Waals surface area contributed by atoms with E-state index in [0.29, 0.717) is 0 Å². The van der Waals surface area contributed by atoms with Crippen molar-refractivity contribution in [1.82, 2.24) is 9.97 Å². The van der Waals surface area contributed by atoms with Gasteiger partial charge in [0, 0.05) is 11.3 Å². The van der Waals surface area contributed by atoms with Crippen LogP contribution in [0.4, 0.5) is 0 Å². The summed E-state index contributed by atoms with van der Waals surface area (Å²) in [5.74, 6) is 0.827. The molecule has 0 spiro atoms. The number of rotatable bonds is 2. The SMILES string of the molecule is Cc1ccccc1-c1nc(C(C)(C)N)[nH]c1C. The van der Waals surface area contributed by atoms with E-state index in [1.807, 2.05) is 32.9 Å². The summed E-state index contributed by atoms with van der Waals surface area (Å²) < 4.78 is 0. The monoisotopic (exact) mass is 229 g/mol. The molecular weight excluding hydrogens is 210 g/mol. The quantitative estimate of drug-likeness (QED) is 0.832. The van der Waals surface area contributed by atoms with Gasteiger partial charge in [0.1, 0.15) is 5.82 Å². The number of H-pyrrole nitrogens is 1. The maximum atomic E-state index is 6.06. The molecule has 90 valence electrons. The first-order valence-corrected chi connectivity index (χ1v) is 5.81. The highest BCUT2D eigenvalue weighted by atomic mass is 15.0. The predicted molar refractivity (Wildman–Crippen MR) is 70.7 cm³/mol. The van der Waals surface area contributed by atoms with Gasteiger partial charge < -0.3 is 10.7 Å². The zero-order chi connectivity index (χ0) is 12.6. The minimum atomic E-state index is -0.439. The van der Waals surface area contributed by atoms with Crippen LogP contribution in [-0.2, 0) is 5.54 Å². The molecule has 0 aliphatic rings.